The summed E-state index contributed by atoms with van der Waals surface area (Å²) in [6.07, 6.45) is 2.85. The molecule has 2 saturated heterocycles. The molecule has 7 nitrogen and oxygen atoms in total. The number of carbonyl (C=O) groups excluding carboxylic acids is 1. The van der Waals surface area contributed by atoms with Crippen molar-refractivity contribution in [2.45, 2.75) is 44.1 Å². The molecule has 29 heavy (non-hydrogen) atoms. The third-order valence-corrected chi connectivity index (χ3v) is 7.32. The Balaban J connectivity index is 1.54. The average molecular weight is 424 g/mol. The van der Waals surface area contributed by atoms with E-state index in [-0.39, 0.29) is 16.9 Å². The molecule has 1 aromatic carbocycles. The summed E-state index contributed by atoms with van der Waals surface area (Å²) < 4.78 is 32.7. The van der Waals surface area contributed by atoms with E-state index >= 15 is 0 Å². The Morgan fingerprint density at radius 3 is 2.48 bits per heavy atom. The molecular formula is C21H33N3O4S. The van der Waals surface area contributed by atoms with Crippen LogP contribution in [-0.2, 0) is 14.8 Å². The highest BCUT2D eigenvalue weighted by molar-refractivity contribution is 7.89. The summed E-state index contributed by atoms with van der Waals surface area (Å²) in [5.74, 6) is 0.388. The Kier molecular flexibility index (Phi) is 7.67. The number of piperidine rings is 1. The van der Waals surface area contributed by atoms with Gasteiger partial charge in [0.15, 0.2) is 0 Å². The number of carbonyl (C=O) groups is 1. The summed E-state index contributed by atoms with van der Waals surface area (Å²) in [7, 11) is -3.47. The van der Waals surface area contributed by atoms with Gasteiger partial charge in [0.2, 0.25) is 10.0 Å². The molecule has 0 radical (unpaired) electrons. The maximum absolute atomic E-state index is 12.7. The number of rotatable bonds is 7. The van der Waals surface area contributed by atoms with E-state index in [1.807, 2.05) is 0 Å². The van der Waals surface area contributed by atoms with Gasteiger partial charge in [-0.3, -0.25) is 9.69 Å². The molecule has 2 heterocycles. The summed E-state index contributed by atoms with van der Waals surface area (Å²) in [5, 5.41) is 2.91. The van der Waals surface area contributed by atoms with Crippen molar-refractivity contribution in [1.29, 1.82) is 0 Å². The summed E-state index contributed by atoms with van der Waals surface area (Å²) in [6, 6.07) is 6.22. The molecule has 162 valence electrons. The first-order chi connectivity index (χ1) is 13.9. The van der Waals surface area contributed by atoms with Gasteiger partial charge in [0.05, 0.1) is 17.6 Å². The highest BCUT2D eigenvalue weighted by atomic mass is 32.2. The van der Waals surface area contributed by atoms with Crippen molar-refractivity contribution >= 4 is 15.9 Å². The van der Waals surface area contributed by atoms with E-state index in [4.69, 9.17) is 4.74 Å². The average Bonchev–Trinajstić information content (AvgIpc) is 2.72. The Hall–Kier alpha value is -1.48. The Labute approximate surface area is 174 Å². The van der Waals surface area contributed by atoms with Crippen molar-refractivity contribution in [3.63, 3.8) is 0 Å². The molecule has 1 atom stereocenters. The van der Waals surface area contributed by atoms with Crippen LogP contribution in [0.15, 0.2) is 29.2 Å². The fraction of sp³-hybridized carbons (Fsp3) is 0.667. The molecule has 0 bridgehead atoms. The molecule has 0 saturated carbocycles. The van der Waals surface area contributed by atoms with Crippen LogP contribution >= 0.6 is 0 Å². The summed E-state index contributed by atoms with van der Waals surface area (Å²) >= 11 is 0. The lowest BCUT2D eigenvalue weighted by atomic mass is 10.1. The van der Waals surface area contributed by atoms with Gasteiger partial charge in [0.25, 0.3) is 5.91 Å². The van der Waals surface area contributed by atoms with E-state index in [0.29, 0.717) is 37.7 Å². The van der Waals surface area contributed by atoms with E-state index in [9.17, 15) is 13.2 Å². The molecule has 0 unspecified atom stereocenters. The zero-order valence-corrected chi connectivity index (χ0v) is 18.3. The van der Waals surface area contributed by atoms with Crippen molar-refractivity contribution in [3.05, 3.63) is 29.8 Å². The number of sulfonamides is 1. The Morgan fingerprint density at radius 2 is 1.83 bits per heavy atom. The van der Waals surface area contributed by atoms with E-state index in [1.54, 1.807) is 12.1 Å². The van der Waals surface area contributed by atoms with Crippen LogP contribution < -0.4 is 5.32 Å². The predicted octanol–water partition coefficient (Wildman–Crippen LogP) is 1.95. The maximum Gasteiger partial charge on any atom is 0.251 e. The zero-order valence-electron chi connectivity index (χ0n) is 17.5. The molecule has 0 spiro atoms. The van der Waals surface area contributed by atoms with Crippen LogP contribution in [0.2, 0.25) is 0 Å². The summed E-state index contributed by atoms with van der Waals surface area (Å²) in [4.78, 5) is 15.1. The van der Waals surface area contributed by atoms with E-state index < -0.39 is 10.0 Å². The molecule has 1 amide bonds. The van der Waals surface area contributed by atoms with Crippen molar-refractivity contribution < 1.29 is 17.9 Å². The monoisotopic (exact) mass is 423 g/mol. The molecule has 8 heteroatoms. The number of hydrogen-bond donors (Lipinski definition) is 1. The summed E-state index contributed by atoms with van der Waals surface area (Å²) in [6.45, 7) is 9.42. The van der Waals surface area contributed by atoms with E-state index in [0.717, 1.165) is 38.9 Å². The highest BCUT2D eigenvalue weighted by Crippen LogP contribution is 2.21. The number of amides is 1. The molecule has 0 aromatic heterocycles. The first-order valence-electron chi connectivity index (χ1n) is 10.6. The topological polar surface area (TPSA) is 79.0 Å². The maximum atomic E-state index is 12.7. The van der Waals surface area contributed by atoms with Crippen LogP contribution in [-0.4, -0.2) is 75.5 Å². The van der Waals surface area contributed by atoms with Gasteiger partial charge >= 0.3 is 0 Å². The van der Waals surface area contributed by atoms with Crippen molar-refractivity contribution in [2.24, 2.45) is 5.92 Å². The third kappa shape index (κ3) is 6.01. The number of nitrogens with zero attached hydrogens (tertiary/aromatic N) is 2. The lowest BCUT2D eigenvalue weighted by Gasteiger charge is -2.33. The Bertz CT molecular complexity index is 774. The minimum Gasteiger partial charge on any atom is -0.374 e. The lowest BCUT2D eigenvalue weighted by Crippen LogP contribution is -2.48. The smallest absolute Gasteiger partial charge is 0.251 e. The fourth-order valence-electron chi connectivity index (χ4n) is 3.93. The lowest BCUT2D eigenvalue weighted by molar-refractivity contribution is -0.0295. The van der Waals surface area contributed by atoms with Crippen molar-refractivity contribution in [3.8, 4) is 0 Å². The molecule has 2 fully saturated rings. The van der Waals surface area contributed by atoms with Gasteiger partial charge in [0, 0.05) is 44.8 Å². The van der Waals surface area contributed by atoms with E-state index in [1.165, 1.54) is 16.4 Å². The number of benzene rings is 1. The SMILES string of the molecule is CC(C)CN1CCO[C@H](CNC(=O)c2ccc(S(=O)(=O)N3CCCCC3)cc2)C1. The molecule has 1 N–H and O–H groups in total. The van der Waals surface area contributed by atoms with E-state index in [2.05, 4.69) is 24.1 Å². The van der Waals surface area contributed by atoms with Crippen LogP contribution in [0, 0.1) is 5.92 Å². The quantitative estimate of drug-likeness (QED) is 0.725. The first-order valence-corrected chi connectivity index (χ1v) is 12.0. The van der Waals surface area contributed by atoms with Gasteiger partial charge in [-0.2, -0.15) is 4.31 Å². The largest absolute Gasteiger partial charge is 0.374 e. The van der Waals surface area contributed by atoms with Gasteiger partial charge in [-0.05, 0) is 43.0 Å². The minimum atomic E-state index is -3.47. The standard InChI is InChI=1S/C21H33N3O4S/c1-17(2)15-23-12-13-28-19(16-23)14-22-21(25)18-6-8-20(9-7-18)29(26,27)24-10-4-3-5-11-24/h6-9,17,19H,3-5,10-16H2,1-2H3,(H,22,25)/t19-/m1/s1. The minimum absolute atomic E-state index is 0.0230. The summed E-state index contributed by atoms with van der Waals surface area (Å²) in [5.41, 5.74) is 0.456. The van der Waals surface area contributed by atoms with Crippen LogP contribution in [0.1, 0.15) is 43.5 Å². The predicted molar refractivity (Wildman–Crippen MR) is 112 cm³/mol. The molecule has 0 aliphatic carbocycles. The van der Waals surface area contributed by atoms with Crippen LogP contribution in [0.25, 0.3) is 0 Å². The highest BCUT2D eigenvalue weighted by Gasteiger charge is 2.26. The second-order valence-corrected chi connectivity index (χ2v) is 10.3. The van der Waals surface area contributed by atoms with Gasteiger partial charge in [-0.25, -0.2) is 8.42 Å². The second-order valence-electron chi connectivity index (χ2n) is 8.35. The van der Waals surface area contributed by atoms with Crippen molar-refractivity contribution in [2.75, 3.05) is 45.9 Å². The normalized spacial score (nSPS) is 22.0. The van der Waals surface area contributed by atoms with Crippen LogP contribution in [0.3, 0.4) is 0 Å². The second kappa shape index (κ2) is 10.0. The van der Waals surface area contributed by atoms with Gasteiger partial charge < -0.3 is 10.1 Å². The number of morpholine rings is 1. The molecule has 2 aliphatic heterocycles. The first kappa shape index (κ1) is 22.2. The van der Waals surface area contributed by atoms with Crippen LogP contribution in [0.4, 0.5) is 0 Å². The van der Waals surface area contributed by atoms with Gasteiger partial charge in [0.1, 0.15) is 0 Å². The molecule has 2 aliphatic rings. The molecular weight excluding hydrogens is 390 g/mol. The van der Waals surface area contributed by atoms with Gasteiger partial charge in [-0.1, -0.05) is 20.3 Å². The zero-order chi connectivity index (χ0) is 20.9. The number of hydrogen-bond acceptors (Lipinski definition) is 5. The number of nitrogens with one attached hydrogen (secondary N) is 1. The molecule has 3 rings (SSSR count). The Morgan fingerprint density at radius 1 is 1.14 bits per heavy atom. The fourth-order valence-corrected chi connectivity index (χ4v) is 5.44. The number of ether oxygens (including phenoxy) is 1. The van der Waals surface area contributed by atoms with Crippen molar-refractivity contribution in [1.82, 2.24) is 14.5 Å². The molecule has 1 aromatic rings. The van der Waals surface area contributed by atoms with Crippen LogP contribution in [0.5, 0.6) is 0 Å². The third-order valence-electron chi connectivity index (χ3n) is 5.41. The van der Waals surface area contributed by atoms with Gasteiger partial charge in [-0.15, -0.1) is 0 Å².